The first kappa shape index (κ1) is 34.5. The third-order valence-corrected chi connectivity index (χ3v) is 7.91. The number of aliphatic carboxylic acids is 2. The van der Waals surface area contributed by atoms with E-state index in [1.807, 2.05) is 0 Å². The minimum Gasteiger partial charge on any atom is -0.481 e. The van der Waals surface area contributed by atoms with Crippen LogP contribution < -0.4 is 0 Å². The summed E-state index contributed by atoms with van der Waals surface area (Å²) in [5.41, 5.74) is -0.896. The molecule has 2 aliphatic rings. The number of aliphatic hydroxyl groups is 2. The first-order chi connectivity index (χ1) is 17.0. The molecule has 0 aliphatic heterocycles. The van der Waals surface area contributed by atoms with Gasteiger partial charge in [0.2, 0.25) is 0 Å². The third kappa shape index (κ3) is 9.74. The van der Waals surface area contributed by atoms with Crippen molar-refractivity contribution in [1.29, 1.82) is 0 Å². The Kier molecular flexibility index (Phi) is 14.1. The zero-order valence-corrected chi connectivity index (χ0v) is 23.3. The Bertz CT molecular complexity index is 812. The van der Waals surface area contributed by atoms with Crippen LogP contribution in [0.3, 0.4) is 0 Å². The maximum Gasteiger partial charge on any atom is 0.336 e. The number of hydrogen-bond donors (Lipinski definition) is 4. The highest BCUT2D eigenvalue weighted by molar-refractivity contribution is 5.88. The fourth-order valence-electron chi connectivity index (χ4n) is 4.95. The number of esters is 2. The topological polar surface area (TPSA) is 168 Å². The van der Waals surface area contributed by atoms with Gasteiger partial charge >= 0.3 is 23.9 Å². The molecule has 2 fully saturated rings. The summed E-state index contributed by atoms with van der Waals surface area (Å²) < 4.78 is 9.57. The summed E-state index contributed by atoms with van der Waals surface area (Å²) in [6.45, 7) is 12.9. The second-order valence-corrected chi connectivity index (χ2v) is 10.5. The van der Waals surface area contributed by atoms with Gasteiger partial charge in [0.1, 0.15) is 6.10 Å². The molecule has 2 saturated carbocycles. The molecule has 214 valence electrons. The van der Waals surface area contributed by atoms with E-state index >= 15 is 0 Å². The van der Waals surface area contributed by atoms with Gasteiger partial charge in [-0.1, -0.05) is 47.1 Å². The molecule has 10 nitrogen and oxygen atoms in total. The highest BCUT2D eigenvalue weighted by Gasteiger charge is 2.62. The lowest BCUT2D eigenvalue weighted by Gasteiger charge is -2.38. The molecule has 0 aromatic carbocycles. The quantitative estimate of drug-likeness (QED) is 0.241. The number of unbranched alkanes of at least 4 members (excludes halogenated alkanes) is 1. The van der Waals surface area contributed by atoms with Crippen molar-refractivity contribution >= 4 is 23.9 Å². The Morgan fingerprint density at radius 2 is 1.68 bits per heavy atom. The van der Waals surface area contributed by atoms with E-state index in [0.717, 1.165) is 37.9 Å². The van der Waals surface area contributed by atoms with Crippen LogP contribution in [0.15, 0.2) is 11.6 Å². The monoisotopic (exact) mass is 530 g/mol. The normalized spacial score (nSPS) is 24.9. The number of rotatable bonds is 10. The van der Waals surface area contributed by atoms with Crippen molar-refractivity contribution in [3.05, 3.63) is 11.6 Å². The standard InChI is InChI=1S/C12H20O2.C8H16O.C7H10O7/c1-8(13)14-10-7-9-5-6-12(10,4)11(9,2)3;1-3-5-6-8(4-2)7-9;1-14-5(10)3-7(13,6(11)12)2-4(8)9/h9-10H,5-7H2,1-4H3;6,9H,3-5,7H2,1-2H3;13H,2-3H2,1H3,(H,8,9)(H,11,12). The van der Waals surface area contributed by atoms with Crippen LogP contribution in [0, 0.1) is 16.7 Å². The van der Waals surface area contributed by atoms with Crippen molar-refractivity contribution in [2.45, 2.75) is 105 Å². The summed E-state index contributed by atoms with van der Waals surface area (Å²) in [5.74, 6) is -3.66. The van der Waals surface area contributed by atoms with Crippen LogP contribution in [0.4, 0.5) is 0 Å². The number of carbonyl (C=O) groups excluding carboxylic acids is 2. The van der Waals surface area contributed by atoms with E-state index in [9.17, 15) is 24.3 Å². The maximum absolute atomic E-state index is 11.0. The number of ether oxygens (including phenoxy) is 2. The van der Waals surface area contributed by atoms with Crippen LogP contribution >= 0.6 is 0 Å². The molecule has 0 spiro atoms. The zero-order valence-electron chi connectivity index (χ0n) is 23.3. The lowest BCUT2D eigenvalue weighted by molar-refractivity contribution is -0.171. The Labute approximate surface area is 220 Å². The Morgan fingerprint density at radius 1 is 1.08 bits per heavy atom. The number of carboxylic acid groups (broad SMARTS) is 2. The SMILES string of the molecule is CC(=O)OC1CC2CCC1(C)C2(C)C.CCCC=C(CC)CO.COC(=O)CC(O)(CC(=O)O)C(=O)O. The zero-order chi connectivity index (χ0) is 29.0. The average Bonchev–Trinajstić information content (AvgIpc) is 3.13. The Balaban J connectivity index is 0.000000541. The molecule has 0 radical (unpaired) electrons. The maximum atomic E-state index is 11.0. The van der Waals surface area contributed by atoms with Crippen molar-refractivity contribution < 1.29 is 49.1 Å². The van der Waals surface area contributed by atoms with E-state index in [1.54, 1.807) is 0 Å². The molecular weight excluding hydrogens is 484 g/mol. The van der Waals surface area contributed by atoms with Gasteiger partial charge in [-0.15, -0.1) is 0 Å². The van der Waals surface area contributed by atoms with Crippen LogP contribution in [0.1, 0.15) is 92.9 Å². The van der Waals surface area contributed by atoms with Gasteiger partial charge in [-0.3, -0.25) is 14.4 Å². The first-order valence-electron chi connectivity index (χ1n) is 12.7. The molecule has 4 unspecified atom stereocenters. The second-order valence-electron chi connectivity index (χ2n) is 10.5. The number of allylic oxidation sites excluding steroid dienone is 1. The van der Waals surface area contributed by atoms with E-state index in [2.05, 4.69) is 45.4 Å². The molecule has 0 saturated heterocycles. The second kappa shape index (κ2) is 15.1. The fourth-order valence-corrected chi connectivity index (χ4v) is 4.95. The summed E-state index contributed by atoms with van der Waals surface area (Å²) in [4.78, 5) is 42.4. The minimum absolute atomic E-state index is 0.125. The summed E-state index contributed by atoms with van der Waals surface area (Å²) in [7, 11) is 1.01. The molecule has 0 aromatic heterocycles. The summed E-state index contributed by atoms with van der Waals surface area (Å²) in [6, 6.07) is 0. The largest absolute Gasteiger partial charge is 0.481 e. The van der Waals surface area contributed by atoms with E-state index in [4.69, 9.17) is 20.1 Å². The molecule has 37 heavy (non-hydrogen) atoms. The van der Waals surface area contributed by atoms with Crippen molar-refractivity contribution in [2.24, 2.45) is 16.7 Å². The smallest absolute Gasteiger partial charge is 0.336 e. The Hall–Kier alpha value is -2.46. The predicted octanol–water partition coefficient (Wildman–Crippen LogP) is 3.72. The molecular formula is C27H46O10. The minimum atomic E-state index is -2.61. The summed E-state index contributed by atoms with van der Waals surface area (Å²) in [6.07, 6.45) is 7.17. The molecule has 0 amide bonds. The number of fused-ring (bicyclic) bond motifs is 2. The molecule has 0 aromatic rings. The van der Waals surface area contributed by atoms with Crippen molar-refractivity contribution in [3.8, 4) is 0 Å². The predicted molar refractivity (Wildman–Crippen MR) is 137 cm³/mol. The van der Waals surface area contributed by atoms with E-state index < -0.39 is 36.4 Å². The van der Waals surface area contributed by atoms with Crippen molar-refractivity contribution in [2.75, 3.05) is 13.7 Å². The first-order valence-corrected chi connectivity index (χ1v) is 12.7. The number of aliphatic hydroxyl groups excluding tert-OH is 1. The van der Waals surface area contributed by atoms with Gasteiger partial charge in [0.15, 0.2) is 5.60 Å². The van der Waals surface area contributed by atoms with E-state index in [1.165, 1.54) is 26.2 Å². The molecule has 2 rings (SSSR count). The van der Waals surface area contributed by atoms with Crippen LogP contribution in [-0.4, -0.2) is 69.7 Å². The van der Waals surface area contributed by atoms with Gasteiger partial charge in [-0.25, -0.2) is 4.79 Å². The number of methoxy groups -OCH3 is 1. The van der Waals surface area contributed by atoms with Gasteiger partial charge in [-0.2, -0.15) is 0 Å². The van der Waals surface area contributed by atoms with Crippen LogP contribution in [0.2, 0.25) is 0 Å². The van der Waals surface area contributed by atoms with Gasteiger partial charge in [0, 0.05) is 12.3 Å². The highest BCUT2D eigenvalue weighted by atomic mass is 16.5. The number of carboxylic acids is 2. The summed E-state index contributed by atoms with van der Waals surface area (Å²) in [5, 5.41) is 34.8. The molecule has 10 heteroatoms. The summed E-state index contributed by atoms with van der Waals surface area (Å²) >= 11 is 0. The van der Waals surface area contributed by atoms with Crippen LogP contribution in [-0.2, 0) is 28.7 Å². The lowest BCUT2D eigenvalue weighted by Crippen LogP contribution is -2.42. The lowest BCUT2D eigenvalue weighted by atomic mass is 9.70. The van der Waals surface area contributed by atoms with Gasteiger partial charge < -0.3 is 29.9 Å². The molecule has 2 aliphatic carbocycles. The molecule has 2 bridgehead atoms. The fraction of sp³-hybridized carbons (Fsp3) is 0.778. The van der Waals surface area contributed by atoms with E-state index in [-0.39, 0.29) is 24.1 Å². The van der Waals surface area contributed by atoms with E-state index in [0.29, 0.717) is 5.41 Å². The third-order valence-electron chi connectivity index (χ3n) is 7.91. The average molecular weight is 531 g/mol. The van der Waals surface area contributed by atoms with Crippen molar-refractivity contribution in [3.63, 3.8) is 0 Å². The van der Waals surface area contributed by atoms with Gasteiger partial charge in [0.25, 0.3) is 0 Å². The molecule has 4 N–H and O–H groups in total. The Morgan fingerprint density at radius 3 is 2.00 bits per heavy atom. The highest BCUT2D eigenvalue weighted by Crippen LogP contribution is 2.66. The number of hydrogen-bond acceptors (Lipinski definition) is 8. The molecule has 0 heterocycles. The van der Waals surface area contributed by atoms with Crippen molar-refractivity contribution in [1.82, 2.24) is 0 Å². The van der Waals surface area contributed by atoms with Crippen LogP contribution in [0.25, 0.3) is 0 Å². The molecule has 4 atom stereocenters. The van der Waals surface area contributed by atoms with Gasteiger partial charge in [0.05, 0.1) is 26.6 Å². The van der Waals surface area contributed by atoms with Gasteiger partial charge in [-0.05, 0) is 49.0 Å². The number of carbonyl (C=O) groups is 4. The van der Waals surface area contributed by atoms with Crippen LogP contribution in [0.5, 0.6) is 0 Å².